The van der Waals surface area contributed by atoms with Gasteiger partial charge in [0.2, 0.25) is 5.91 Å². The fourth-order valence-corrected chi connectivity index (χ4v) is 3.62. The number of amides is 1. The smallest absolute Gasteiger partial charge is 0.244 e. The first kappa shape index (κ1) is 16.2. The molecule has 0 bridgehead atoms. The second-order valence-corrected chi connectivity index (χ2v) is 6.90. The van der Waals surface area contributed by atoms with Crippen LogP contribution in [0.2, 0.25) is 5.02 Å². The first-order valence-electron chi connectivity index (χ1n) is 7.67. The van der Waals surface area contributed by atoms with Gasteiger partial charge in [-0.3, -0.25) is 9.69 Å². The average molecular weight is 347 g/mol. The standard InChI is InChI=1S/C18H19ClN2OS/c19-17-4-2-1-3-15(17)5-6-18(22)20-16-7-9-21(12-16)11-14-8-10-23-13-14/h1-6,8,10,13,16H,7,9,11-12H2,(H,20,22)/b6-5+. The lowest BCUT2D eigenvalue weighted by Gasteiger charge is -2.15. The molecule has 120 valence electrons. The molecule has 0 saturated carbocycles. The normalized spacial score (nSPS) is 18.6. The molecule has 1 aliphatic heterocycles. The number of rotatable bonds is 5. The molecule has 1 atom stereocenters. The van der Waals surface area contributed by atoms with Crippen LogP contribution in [0.1, 0.15) is 17.5 Å². The Balaban J connectivity index is 1.48. The monoisotopic (exact) mass is 346 g/mol. The maximum absolute atomic E-state index is 12.0. The Morgan fingerprint density at radius 2 is 2.26 bits per heavy atom. The Bertz CT molecular complexity index is 684. The van der Waals surface area contributed by atoms with Crippen molar-refractivity contribution in [2.45, 2.75) is 19.0 Å². The van der Waals surface area contributed by atoms with Crippen LogP contribution in [0.4, 0.5) is 0 Å². The van der Waals surface area contributed by atoms with Crippen molar-refractivity contribution in [3.8, 4) is 0 Å². The predicted octanol–water partition coefficient (Wildman–Crippen LogP) is 3.81. The minimum atomic E-state index is -0.0627. The van der Waals surface area contributed by atoms with E-state index < -0.39 is 0 Å². The topological polar surface area (TPSA) is 32.3 Å². The maximum atomic E-state index is 12.0. The second-order valence-electron chi connectivity index (χ2n) is 5.72. The number of nitrogens with zero attached hydrogens (tertiary/aromatic N) is 1. The third-order valence-corrected chi connectivity index (χ3v) is 5.00. The Morgan fingerprint density at radius 3 is 3.04 bits per heavy atom. The Hall–Kier alpha value is -1.62. The van der Waals surface area contributed by atoms with Gasteiger partial charge in [0.1, 0.15) is 0 Å². The molecule has 1 amide bonds. The largest absolute Gasteiger partial charge is 0.348 e. The Labute approximate surface area is 145 Å². The molecule has 1 unspecified atom stereocenters. The van der Waals surface area contributed by atoms with E-state index in [2.05, 4.69) is 27.0 Å². The first-order valence-corrected chi connectivity index (χ1v) is 8.99. The van der Waals surface area contributed by atoms with E-state index >= 15 is 0 Å². The number of halogens is 1. The van der Waals surface area contributed by atoms with E-state index in [1.807, 2.05) is 24.3 Å². The van der Waals surface area contributed by atoms with Gasteiger partial charge in [0.15, 0.2) is 0 Å². The van der Waals surface area contributed by atoms with E-state index in [1.165, 1.54) is 5.56 Å². The van der Waals surface area contributed by atoms with Crippen molar-refractivity contribution in [2.75, 3.05) is 13.1 Å². The zero-order valence-corrected chi connectivity index (χ0v) is 14.3. The number of hydrogen-bond acceptors (Lipinski definition) is 3. The number of hydrogen-bond donors (Lipinski definition) is 1. The van der Waals surface area contributed by atoms with E-state index in [4.69, 9.17) is 11.6 Å². The summed E-state index contributed by atoms with van der Waals surface area (Å²) in [5, 5.41) is 8.00. The molecule has 1 aromatic heterocycles. The highest BCUT2D eigenvalue weighted by molar-refractivity contribution is 7.07. The summed E-state index contributed by atoms with van der Waals surface area (Å²) in [4.78, 5) is 14.4. The van der Waals surface area contributed by atoms with E-state index in [0.717, 1.165) is 31.6 Å². The van der Waals surface area contributed by atoms with Crippen molar-refractivity contribution < 1.29 is 4.79 Å². The van der Waals surface area contributed by atoms with Crippen molar-refractivity contribution in [1.82, 2.24) is 10.2 Å². The lowest BCUT2D eigenvalue weighted by molar-refractivity contribution is -0.117. The van der Waals surface area contributed by atoms with E-state index in [-0.39, 0.29) is 11.9 Å². The Morgan fingerprint density at radius 1 is 1.39 bits per heavy atom. The lowest BCUT2D eigenvalue weighted by atomic mass is 10.2. The molecular formula is C18H19ClN2OS. The van der Waals surface area contributed by atoms with Gasteiger partial charge in [0.05, 0.1) is 0 Å². The van der Waals surface area contributed by atoms with Crippen molar-refractivity contribution in [1.29, 1.82) is 0 Å². The molecule has 2 heterocycles. The molecule has 1 fully saturated rings. The molecule has 0 aliphatic carbocycles. The number of carbonyl (C=O) groups excluding carboxylic acids is 1. The van der Waals surface area contributed by atoms with Gasteiger partial charge in [-0.15, -0.1) is 0 Å². The zero-order valence-electron chi connectivity index (χ0n) is 12.7. The van der Waals surface area contributed by atoms with Crippen LogP contribution in [0.25, 0.3) is 6.08 Å². The van der Waals surface area contributed by atoms with Crippen LogP contribution in [0.5, 0.6) is 0 Å². The minimum absolute atomic E-state index is 0.0627. The van der Waals surface area contributed by atoms with Gasteiger partial charge in [-0.05, 0) is 46.5 Å². The second kappa shape index (κ2) is 7.77. The summed E-state index contributed by atoms with van der Waals surface area (Å²) < 4.78 is 0. The molecular weight excluding hydrogens is 328 g/mol. The van der Waals surface area contributed by atoms with Crippen LogP contribution in [0.15, 0.2) is 47.2 Å². The van der Waals surface area contributed by atoms with Crippen LogP contribution >= 0.6 is 22.9 Å². The quantitative estimate of drug-likeness (QED) is 0.835. The molecule has 0 radical (unpaired) electrons. The van der Waals surface area contributed by atoms with Gasteiger partial charge < -0.3 is 5.32 Å². The summed E-state index contributed by atoms with van der Waals surface area (Å²) in [5.41, 5.74) is 2.20. The fraction of sp³-hybridized carbons (Fsp3) is 0.278. The highest BCUT2D eigenvalue weighted by atomic mass is 35.5. The van der Waals surface area contributed by atoms with Crippen LogP contribution in [-0.4, -0.2) is 29.9 Å². The van der Waals surface area contributed by atoms with Gasteiger partial charge >= 0.3 is 0 Å². The zero-order chi connectivity index (χ0) is 16.1. The SMILES string of the molecule is O=C(/C=C/c1ccccc1Cl)NC1CCN(Cc2ccsc2)C1. The van der Waals surface area contributed by atoms with Crippen LogP contribution < -0.4 is 5.32 Å². The van der Waals surface area contributed by atoms with Crippen molar-refractivity contribution in [3.63, 3.8) is 0 Å². The first-order chi connectivity index (χ1) is 11.2. The molecule has 1 saturated heterocycles. The molecule has 3 rings (SSSR count). The fourth-order valence-electron chi connectivity index (χ4n) is 2.76. The van der Waals surface area contributed by atoms with Gasteiger partial charge in [-0.25, -0.2) is 0 Å². The molecule has 3 nitrogen and oxygen atoms in total. The summed E-state index contributed by atoms with van der Waals surface area (Å²) in [6.07, 6.45) is 4.31. The number of nitrogens with one attached hydrogen (secondary N) is 1. The summed E-state index contributed by atoms with van der Waals surface area (Å²) in [5.74, 6) is -0.0627. The highest BCUT2D eigenvalue weighted by Gasteiger charge is 2.23. The predicted molar refractivity (Wildman–Crippen MR) is 96.6 cm³/mol. The molecule has 0 spiro atoms. The van der Waals surface area contributed by atoms with E-state index in [0.29, 0.717) is 5.02 Å². The maximum Gasteiger partial charge on any atom is 0.244 e. The molecule has 1 aromatic carbocycles. The summed E-state index contributed by atoms with van der Waals surface area (Å²) >= 11 is 7.80. The minimum Gasteiger partial charge on any atom is -0.348 e. The van der Waals surface area contributed by atoms with Crippen LogP contribution in [-0.2, 0) is 11.3 Å². The van der Waals surface area contributed by atoms with Crippen molar-refractivity contribution in [3.05, 3.63) is 63.3 Å². The van der Waals surface area contributed by atoms with Crippen LogP contribution in [0.3, 0.4) is 0 Å². The van der Waals surface area contributed by atoms with E-state index in [1.54, 1.807) is 23.5 Å². The summed E-state index contributed by atoms with van der Waals surface area (Å²) in [7, 11) is 0. The van der Waals surface area contributed by atoms with Crippen molar-refractivity contribution in [2.24, 2.45) is 0 Å². The van der Waals surface area contributed by atoms with E-state index in [9.17, 15) is 4.79 Å². The number of carbonyl (C=O) groups is 1. The number of thiophene rings is 1. The summed E-state index contributed by atoms with van der Waals surface area (Å²) in [6, 6.07) is 9.87. The third kappa shape index (κ3) is 4.67. The van der Waals surface area contributed by atoms with Gasteiger partial charge in [-0.2, -0.15) is 11.3 Å². The van der Waals surface area contributed by atoms with Crippen LogP contribution in [0, 0.1) is 0 Å². The third-order valence-electron chi connectivity index (χ3n) is 3.92. The Kier molecular flexibility index (Phi) is 5.49. The average Bonchev–Trinajstić information content (AvgIpc) is 3.19. The molecule has 1 aliphatic rings. The highest BCUT2D eigenvalue weighted by Crippen LogP contribution is 2.17. The van der Waals surface area contributed by atoms with Gasteiger partial charge in [-0.1, -0.05) is 29.8 Å². The molecule has 2 aromatic rings. The van der Waals surface area contributed by atoms with Gasteiger partial charge in [0, 0.05) is 36.8 Å². The van der Waals surface area contributed by atoms with Gasteiger partial charge in [0.25, 0.3) is 0 Å². The van der Waals surface area contributed by atoms with Crippen molar-refractivity contribution >= 4 is 34.9 Å². The lowest BCUT2D eigenvalue weighted by Crippen LogP contribution is -2.35. The number of likely N-dealkylation sites (tertiary alicyclic amines) is 1. The molecule has 5 heteroatoms. The summed E-state index contributed by atoms with van der Waals surface area (Å²) in [6.45, 7) is 2.89. The number of benzene rings is 1. The molecule has 23 heavy (non-hydrogen) atoms. The molecule has 1 N–H and O–H groups in total.